The highest BCUT2D eigenvalue weighted by Gasteiger charge is 2.11. The van der Waals surface area contributed by atoms with Gasteiger partial charge in [0.25, 0.3) is 0 Å². The van der Waals surface area contributed by atoms with Crippen molar-refractivity contribution in [1.82, 2.24) is 20.2 Å². The lowest BCUT2D eigenvalue weighted by molar-refractivity contribution is 0.315. The van der Waals surface area contributed by atoms with Crippen molar-refractivity contribution >= 4 is 0 Å². The summed E-state index contributed by atoms with van der Waals surface area (Å²) in [5.74, 6) is 1.52. The average molecular weight is 247 g/mol. The van der Waals surface area contributed by atoms with Crippen LogP contribution in [0, 0.1) is 0 Å². The van der Waals surface area contributed by atoms with Gasteiger partial charge in [-0.1, -0.05) is 19.1 Å². The molecular weight excluding hydrogens is 230 g/mol. The Hall–Kier alpha value is -1.95. The Morgan fingerprint density at radius 3 is 2.94 bits per heavy atom. The molecule has 1 heterocycles. The molecule has 0 amide bonds. The van der Waals surface area contributed by atoms with E-state index in [2.05, 4.69) is 22.4 Å². The fourth-order valence-electron chi connectivity index (χ4n) is 1.64. The van der Waals surface area contributed by atoms with E-state index in [1.54, 1.807) is 4.68 Å². The largest absolute Gasteiger partial charge is 0.491 e. The SMILES string of the molecule is CCCOc1ccccc1-n1nnnc1CCN. The van der Waals surface area contributed by atoms with Crippen molar-refractivity contribution in [3.05, 3.63) is 30.1 Å². The zero-order valence-corrected chi connectivity index (χ0v) is 10.4. The van der Waals surface area contributed by atoms with Gasteiger partial charge in [-0.05, 0) is 35.5 Å². The van der Waals surface area contributed by atoms with Gasteiger partial charge in [-0.3, -0.25) is 0 Å². The number of hydrogen-bond acceptors (Lipinski definition) is 5. The maximum absolute atomic E-state index is 5.70. The first-order chi connectivity index (χ1) is 8.86. The molecule has 0 aliphatic carbocycles. The van der Waals surface area contributed by atoms with Crippen LogP contribution in [0.3, 0.4) is 0 Å². The maximum Gasteiger partial charge on any atom is 0.158 e. The molecule has 0 atom stereocenters. The minimum atomic E-state index is 0.512. The van der Waals surface area contributed by atoms with Gasteiger partial charge >= 0.3 is 0 Å². The van der Waals surface area contributed by atoms with Gasteiger partial charge in [0.15, 0.2) is 5.82 Å². The number of benzene rings is 1. The zero-order chi connectivity index (χ0) is 12.8. The van der Waals surface area contributed by atoms with Gasteiger partial charge in [0, 0.05) is 6.42 Å². The molecule has 2 rings (SSSR count). The minimum absolute atomic E-state index is 0.512. The topological polar surface area (TPSA) is 78.8 Å². The Morgan fingerprint density at radius 1 is 1.33 bits per heavy atom. The van der Waals surface area contributed by atoms with Crippen LogP contribution < -0.4 is 10.5 Å². The smallest absolute Gasteiger partial charge is 0.158 e. The quantitative estimate of drug-likeness (QED) is 0.822. The Kier molecular flexibility index (Phi) is 4.25. The molecule has 0 bridgehead atoms. The molecule has 1 aromatic heterocycles. The first-order valence-electron chi connectivity index (χ1n) is 6.06. The van der Waals surface area contributed by atoms with Gasteiger partial charge in [0.1, 0.15) is 11.4 Å². The van der Waals surface area contributed by atoms with Gasteiger partial charge in [-0.25, -0.2) is 0 Å². The van der Waals surface area contributed by atoms with Crippen LogP contribution in [-0.4, -0.2) is 33.4 Å². The summed E-state index contributed by atoms with van der Waals surface area (Å²) in [6.45, 7) is 3.25. The second-order valence-electron chi connectivity index (χ2n) is 3.86. The molecule has 1 aromatic carbocycles. The van der Waals surface area contributed by atoms with Crippen molar-refractivity contribution in [2.45, 2.75) is 19.8 Å². The predicted octanol–water partition coefficient (Wildman–Crippen LogP) is 0.952. The number of tetrazole rings is 1. The molecule has 18 heavy (non-hydrogen) atoms. The standard InChI is InChI=1S/C12H17N5O/c1-2-9-18-11-6-4-3-5-10(11)17-12(7-8-13)14-15-16-17/h3-6H,2,7-9,13H2,1H3. The number of ether oxygens (including phenoxy) is 1. The Morgan fingerprint density at radius 2 is 2.17 bits per heavy atom. The third-order valence-corrected chi connectivity index (χ3v) is 2.46. The van der Waals surface area contributed by atoms with E-state index in [4.69, 9.17) is 10.5 Å². The molecule has 0 aliphatic rings. The van der Waals surface area contributed by atoms with Crippen LogP contribution in [0.1, 0.15) is 19.2 Å². The number of aromatic nitrogens is 4. The van der Waals surface area contributed by atoms with Gasteiger partial charge in [0.2, 0.25) is 0 Å². The summed E-state index contributed by atoms with van der Waals surface area (Å²) in [5, 5.41) is 11.7. The highest BCUT2D eigenvalue weighted by molar-refractivity contribution is 5.46. The normalized spacial score (nSPS) is 10.6. The van der Waals surface area contributed by atoms with Gasteiger partial charge in [-0.15, -0.1) is 5.10 Å². The fraction of sp³-hybridized carbons (Fsp3) is 0.417. The number of hydrogen-bond donors (Lipinski definition) is 1. The summed E-state index contributed by atoms with van der Waals surface area (Å²) in [6, 6.07) is 7.71. The lowest BCUT2D eigenvalue weighted by atomic mass is 10.3. The van der Waals surface area contributed by atoms with E-state index in [-0.39, 0.29) is 0 Å². The summed E-state index contributed by atoms with van der Waals surface area (Å²) in [6.07, 6.45) is 1.59. The van der Waals surface area contributed by atoms with Crippen LogP contribution in [0.25, 0.3) is 5.69 Å². The summed E-state index contributed by atoms with van der Waals surface area (Å²) < 4.78 is 7.37. The summed E-state index contributed by atoms with van der Waals surface area (Å²) in [5.41, 5.74) is 6.39. The van der Waals surface area contributed by atoms with Crippen LogP contribution in [0.2, 0.25) is 0 Å². The third kappa shape index (κ3) is 2.65. The van der Waals surface area contributed by atoms with Gasteiger partial charge in [-0.2, -0.15) is 4.68 Å². The Balaban J connectivity index is 2.33. The van der Waals surface area contributed by atoms with E-state index in [0.29, 0.717) is 19.6 Å². The van der Waals surface area contributed by atoms with Crippen molar-refractivity contribution in [3.8, 4) is 11.4 Å². The zero-order valence-electron chi connectivity index (χ0n) is 10.4. The van der Waals surface area contributed by atoms with E-state index >= 15 is 0 Å². The molecule has 2 aromatic rings. The molecule has 0 fully saturated rings. The molecule has 0 radical (unpaired) electrons. The summed E-state index contributed by atoms with van der Waals surface area (Å²) >= 11 is 0. The van der Waals surface area contributed by atoms with Crippen LogP contribution in [0.15, 0.2) is 24.3 Å². The number of rotatable bonds is 6. The summed E-state index contributed by atoms with van der Waals surface area (Å²) in [4.78, 5) is 0. The summed E-state index contributed by atoms with van der Waals surface area (Å²) in [7, 11) is 0. The van der Waals surface area contributed by atoms with Crippen LogP contribution in [0.5, 0.6) is 5.75 Å². The molecule has 6 heteroatoms. The van der Waals surface area contributed by atoms with Gasteiger partial charge in [0.05, 0.1) is 6.61 Å². The minimum Gasteiger partial charge on any atom is -0.491 e. The van der Waals surface area contributed by atoms with E-state index in [1.807, 2.05) is 24.3 Å². The van der Waals surface area contributed by atoms with Crippen molar-refractivity contribution < 1.29 is 4.74 Å². The van der Waals surface area contributed by atoms with Gasteiger partial charge < -0.3 is 10.5 Å². The second kappa shape index (κ2) is 6.11. The lowest BCUT2D eigenvalue weighted by Crippen LogP contribution is -2.11. The van der Waals surface area contributed by atoms with E-state index in [0.717, 1.165) is 23.7 Å². The molecule has 6 nitrogen and oxygen atoms in total. The van der Waals surface area contributed by atoms with Crippen molar-refractivity contribution in [2.75, 3.05) is 13.2 Å². The van der Waals surface area contributed by atoms with Crippen molar-refractivity contribution in [1.29, 1.82) is 0 Å². The first kappa shape index (κ1) is 12.5. The maximum atomic E-state index is 5.70. The fourth-order valence-corrected chi connectivity index (χ4v) is 1.64. The van der Waals surface area contributed by atoms with Crippen LogP contribution >= 0.6 is 0 Å². The number of nitrogens with two attached hydrogens (primary N) is 1. The molecule has 0 aliphatic heterocycles. The molecule has 96 valence electrons. The third-order valence-electron chi connectivity index (χ3n) is 2.46. The van der Waals surface area contributed by atoms with Crippen molar-refractivity contribution in [2.24, 2.45) is 5.73 Å². The highest BCUT2D eigenvalue weighted by atomic mass is 16.5. The molecule has 0 spiro atoms. The van der Waals surface area contributed by atoms with Crippen LogP contribution in [-0.2, 0) is 6.42 Å². The predicted molar refractivity (Wildman–Crippen MR) is 67.7 cm³/mol. The lowest BCUT2D eigenvalue weighted by Gasteiger charge is -2.11. The Labute approximate surface area is 106 Å². The monoisotopic (exact) mass is 247 g/mol. The first-order valence-corrected chi connectivity index (χ1v) is 6.06. The van der Waals surface area contributed by atoms with E-state index < -0.39 is 0 Å². The second-order valence-corrected chi connectivity index (χ2v) is 3.86. The molecule has 2 N–H and O–H groups in total. The average Bonchev–Trinajstić information content (AvgIpc) is 2.85. The van der Waals surface area contributed by atoms with E-state index in [9.17, 15) is 0 Å². The molecule has 0 saturated heterocycles. The molecule has 0 unspecified atom stereocenters. The molecule has 0 saturated carbocycles. The number of nitrogens with zero attached hydrogens (tertiary/aromatic N) is 4. The van der Waals surface area contributed by atoms with Crippen molar-refractivity contribution in [3.63, 3.8) is 0 Å². The van der Waals surface area contributed by atoms with Crippen LogP contribution in [0.4, 0.5) is 0 Å². The molecular formula is C12H17N5O. The number of para-hydroxylation sites is 2. The Bertz CT molecular complexity index is 497. The van der Waals surface area contributed by atoms with E-state index in [1.165, 1.54) is 0 Å². The highest BCUT2D eigenvalue weighted by Crippen LogP contribution is 2.22.